The van der Waals surface area contributed by atoms with Crippen LogP contribution in [-0.2, 0) is 9.84 Å². The number of hydrogen-bond acceptors (Lipinski definition) is 5. The largest absolute Gasteiger partial charge is 0.361 e. The Hall–Kier alpha value is -1.37. The average molecular weight is 314 g/mol. The van der Waals surface area contributed by atoms with Crippen LogP contribution in [0.15, 0.2) is 10.6 Å². The van der Waals surface area contributed by atoms with Crippen molar-refractivity contribution in [2.75, 3.05) is 18.8 Å². The summed E-state index contributed by atoms with van der Waals surface area (Å²) in [7, 11) is -3.16. The molecule has 0 bridgehead atoms. The quantitative estimate of drug-likeness (QED) is 0.844. The van der Waals surface area contributed by atoms with E-state index in [1.165, 1.54) is 0 Å². The molecule has 6 nitrogen and oxygen atoms in total. The number of likely N-dealkylation sites (tertiary alicyclic amines) is 1. The van der Waals surface area contributed by atoms with Crippen molar-refractivity contribution in [2.45, 2.75) is 38.9 Å². The van der Waals surface area contributed by atoms with E-state index in [0.717, 1.165) is 0 Å². The van der Waals surface area contributed by atoms with Gasteiger partial charge in [0.2, 0.25) is 0 Å². The van der Waals surface area contributed by atoms with Crippen LogP contribution >= 0.6 is 0 Å². The minimum Gasteiger partial charge on any atom is -0.361 e. The van der Waals surface area contributed by atoms with Crippen molar-refractivity contribution in [1.29, 1.82) is 0 Å². The Morgan fingerprint density at radius 3 is 2.81 bits per heavy atom. The standard InChI is InChI=1S/C14H22N2O4S/c1-10(2)9-21(18,19)12-5-4-6-16(8-12)14(17)13-7-11(3)20-15-13/h7,10,12H,4-6,8-9H2,1-3H3. The van der Waals surface area contributed by atoms with Crippen molar-refractivity contribution in [1.82, 2.24) is 10.1 Å². The first-order valence-corrected chi connectivity index (χ1v) is 8.95. The highest BCUT2D eigenvalue weighted by Gasteiger charge is 2.33. The lowest BCUT2D eigenvalue weighted by Crippen LogP contribution is -2.46. The van der Waals surface area contributed by atoms with E-state index >= 15 is 0 Å². The van der Waals surface area contributed by atoms with E-state index < -0.39 is 15.1 Å². The molecule has 21 heavy (non-hydrogen) atoms. The molecule has 0 saturated carbocycles. The number of aryl methyl sites for hydroxylation is 1. The average Bonchev–Trinajstić information content (AvgIpc) is 2.83. The third-order valence-corrected chi connectivity index (χ3v) is 6.12. The summed E-state index contributed by atoms with van der Waals surface area (Å²) in [5.41, 5.74) is 0.245. The molecule has 1 aromatic rings. The molecule has 1 fully saturated rings. The van der Waals surface area contributed by atoms with Crippen LogP contribution < -0.4 is 0 Å². The number of carbonyl (C=O) groups excluding carboxylic acids is 1. The lowest BCUT2D eigenvalue weighted by Gasteiger charge is -2.32. The summed E-state index contributed by atoms with van der Waals surface area (Å²) in [6.07, 6.45) is 1.32. The molecule has 1 saturated heterocycles. The molecule has 0 aliphatic carbocycles. The fourth-order valence-electron chi connectivity index (χ4n) is 2.65. The van der Waals surface area contributed by atoms with Crippen molar-refractivity contribution in [3.63, 3.8) is 0 Å². The van der Waals surface area contributed by atoms with Crippen LogP contribution in [0.4, 0.5) is 0 Å². The molecule has 118 valence electrons. The molecule has 1 aliphatic heterocycles. The van der Waals surface area contributed by atoms with Crippen molar-refractivity contribution >= 4 is 15.7 Å². The molecular formula is C14H22N2O4S. The smallest absolute Gasteiger partial charge is 0.276 e. The molecule has 0 spiro atoms. The van der Waals surface area contributed by atoms with E-state index in [9.17, 15) is 13.2 Å². The summed E-state index contributed by atoms with van der Waals surface area (Å²) in [5.74, 6) is 0.581. The summed E-state index contributed by atoms with van der Waals surface area (Å²) < 4.78 is 29.6. The first-order chi connectivity index (χ1) is 9.79. The van der Waals surface area contributed by atoms with Crippen LogP contribution in [0.3, 0.4) is 0 Å². The monoisotopic (exact) mass is 314 g/mol. The van der Waals surface area contributed by atoms with E-state index in [4.69, 9.17) is 4.52 Å². The number of aromatic nitrogens is 1. The summed E-state index contributed by atoms with van der Waals surface area (Å²) in [4.78, 5) is 13.9. The third-order valence-electron chi connectivity index (χ3n) is 3.59. The Labute approximate surface area is 125 Å². The maximum absolute atomic E-state index is 12.3. The van der Waals surface area contributed by atoms with Gasteiger partial charge in [0, 0.05) is 19.2 Å². The molecule has 1 aromatic heterocycles. The van der Waals surface area contributed by atoms with Gasteiger partial charge in [0.05, 0.1) is 11.0 Å². The summed E-state index contributed by atoms with van der Waals surface area (Å²) in [6.45, 7) is 6.32. The Kier molecular flexibility index (Phi) is 4.70. The highest BCUT2D eigenvalue weighted by Crippen LogP contribution is 2.21. The predicted molar refractivity (Wildman–Crippen MR) is 78.8 cm³/mol. The van der Waals surface area contributed by atoms with Crippen LogP contribution in [0.1, 0.15) is 42.9 Å². The fourth-order valence-corrected chi connectivity index (χ4v) is 4.78. The molecule has 2 heterocycles. The van der Waals surface area contributed by atoms with Gasteiger partial charge in [-0.1, -0.05) is 19.0 Å². The second kappa shape index (κ2) is 6.17. The Bertz CT molecular complexity index is 606. The van der Waals surface area contributed by atoms with Crippen LogP contribution in [0.25, 0.3) is 0 Å². The molecular weight excluding hydrogens is 292 g/mol. The first kappa shape index (κ1) is 16.0. The highest BCUT2D eigenvalue weighted by atomic mass is 32.2. The molecule has 1 amide bonds. The number of carbonyl (C=O) groups is 1. The molecule has 0 aromatic carbocycles. The number of amides is 1. The van der Waals surface area contributed by atoms with Crippen LogP contribution in [0.2, 0.25) is 0 Å². The third kappa shape index (κ3) is 3.84. The molecule has 1 atom stereocenters. The topological polar surface area (TPSA) is 80.5 Å². The van der Waals surface area contributed by atoms with Gasteiger partial charge in [-0.15, -0.1) is 0 Å². The SMILES string of the molecule is Cc1cc(C(=O)N2CCCC(S(=O)(=O)CC(C)C)C2)no1. The van der Waals surface area contributed by atoms with E-state index in [2.05, 4.69) is 5.16 Å². The Morgan fingerprint density at radius 2 is 2.24 bits per heavy atom. The zero-order valence-electron chi connectivity index (χ0n) is 12.7. The van der Waals surface area contributed by atoms with Gasteiger partial charge in [0.1, 0.15) is 5.76 Å². The van der Waals surface area contributed by atoms with Crippen molar-refractivity contribution in [2.24, 2.45) is 5.92 Å². The van der Waals surface area contributed by atoms with Crippen LogP contribution in [0.5, 0.6) is 0 Å². The van der Waals surface area contributed by atoms with Gasteiger partial charge in [-0.05, 0) is 25.7 Å². The van der Waals surface area contributed by atoms with E-state index in [0.29, 0.717) is 25.1 Å². The highest BCUT2D eigenvalue weighted by molar-refractivity contribution is 7.92. The predicted octanol–water partition coefficient (Wildman–Crippen LogP) is 1.66. The molecule has 0 radical (unpaired) electrons. The Morgan fingerprint density at radius 1 is 1.52 bits per heavy atom. The molecule has 2 rings (SSSR count). The van der Waals surface area contributed by atoms with Gasteiger partial charge >= 0.3 is 0 Å². The second-order valence-corrected chi connectivity index (χ2v) is 8.39. The van der Waals surface area contributed by atoms with Gasteiger partial charge in [-0.2, -0.15) is 0 Å². The number of sulfone groups is 1. The normalized spacial score (nSPS) is 20.0. The van der Waals surface area contributed by atoms with Crippen molar-refractivity contribution in [3.05, 3.63) is 17.5 Å². The van der Waals surface area contributed by atoms with Gasteiger partial charge in [-0.3, -0.25) is 4.79 Å². The molecule has 0 N–H and O–H groups in total. The zero-order chi connectivity index (χ0) is 15.6. The zero-order valence-corrected chi connectivity index (χ0v) is 13.5. The van der Waals surface area contributed by atoms with Crippen molar-refractivity contribution < 1.29 is 17.7 Å². The number of nitrogens with zero attached hydrogens (tertiary/aromatic N) is 2. The first-order valence-electron chi connectivity index (χ1n) is 7.23. The van der Waals surface area contributed by atoms with Gasteiger partial charge < -0.3 is 9.42 Å². The van der Waals surface area contributed by atoms with Crippen LogP contribution in [0, 0.1) is 12.8 Å². The van der Waals surface area contributed by atoms with E-state index in [1.54, 1.807) is 17.9 Å². The fraction of sp³-hybridized carbons (Fsp3) is 0.714. The van der Waals surface area contributed by atoms with E-state index in [-0.39, 0.29) is 29.8 Å². The van der Waals surface area contributed by atoms with Gasteiger partial charge in [-0.25, -0.2) is 8.42 Å². The summed E-state index contributed by atoms with van der Waals surface area (Å²) in [5, 5.41) is 3.24. The molecule has 1 unspecified atom stereocenters. The minimum atomic E-state index is -3.16. The van der Waals surface area contributed by atoms with Gasteiger partial charge in [0.25, 0.3) is 5.91 Å². The number of hydrogen-bond donors (Lipinski definition) is 0. The van der Waals surface area contributed by atoms with Gasteiger partial charge in [0.15, 0.2) is 15.5 Å². The second-order valence-electron chi connectivity index (χ2n) is 6.06. The molecule has 7 heteroatoms. The lowest BCUT2D eigenvalue weighted by molar-refractivity contribution is 0.0716. The number of rotatable bonds is 4. The molecule has 1 aliphatic rings. The van der Waals surface area contributed by atoms with Crippen LogP contribution in [-0.4, -0.2) is 48.5 Å². The number of piperidine rings is 1. The summed E-state index contributed by atoms with van der Waals surface area (Å²) >= 11 is 0. The Balaban J connectivity index is 2.09. The summed E-state index contributed by atoms with van der Waals surface area (Å²) in [6, 6.07) is 1.58. The van der Waals surface area contributed by atoms with Crippen molar-refractivity contribution in [3.8, 4) is 0 Å². The lowest BCUT2D eigenvalue weighted by atomic mass is 10.1. The van der Waals surface area contributed by atoms with E-state index in [1.807, 2.05) is 13.8 Å². The maximum Gasteiger partial charge on any atom is 0.276 e. The maximum atomic E-state index is 12.3. The minimum absolute atomic E-state index is 0.0965.